The third kappa shape index (κ3) is 2.97. The maximum atomic E-state index is 12.5. The summed E-state index contributed by atoms with van der Waals surface area (Å²) in [6.07, 6.45) is -6.93. The van der Waals surface area contributed by atoms with Crippen LogP contribution in [0.5, 0.6) is 5.75 Å². The van der Waals surface area contributed by atoms with Crippen LogP contribution in [0.25, 0.3) is 6.08 Å². The molecule has 0 saturated heterocycles. The van der Waals surface area contributed by atoms with E-state index in [4.69, 9.17) is 0 Å². The first-order chi connectivity index (χ1) is 6.95. The smallest absolute Gasteiger partial charge is 0.428 e. The highest BCUT2D eigenvalue weighted by atomic mass is 19.3. The molecule has 0 aliphatic carbocycles. The molecule has 1 aromatic carbocycles. The van der Waals surface area contributed by atoms with E-state index < -0.39 is 12.5 Å². The second kappa shape index (κ2) is 4.33. The zero-order chi connectivity index (χ0) is 11.5. The molecule has 0 atom stereocenters. The number of ether oxygens (including phenoxy) is 1. The number of rotatable bonds is 4. The van der Waals surface area contributed by atoms with Gasteiger partial charge < -0.3 is 4.74 Å². The van der Waals surface area contributed by atoms with E-state index in [0.29, 0.717) is 5.56 Å². The van der Waals surface area contributed by atoms with E-state index in [1.807, 2.05) is 0 Å². The average Bonchev–Trinajstić information content (AvgIpc) is 2.17. The van der Waals surface area contributed by atoms with Crippen molar-refractivity contribution in [2.75, 3.05) is 0 Å². The van der Waals surface area contributed by atoms with E-state index in [1.165, 1.54) is 24.3 Å². The summed E-state index contributed by atoms with van der Waals surface area (Å²) in [5.41, 5.74) is 0.512. The minimum Gasteiger partial charge on any atom is -0.428 e. The number of hydrogen-bond donors (Lipinski definition) is 0. The molecular weight excluding hydrogens is 212 g/mol. The molecular formula is C10H8F4O. The van der Waals surface area contributed by atoms with Crippen molar-refractivity contribution in [3.05, 3.63) is 36.4 Å². The van der Waals surface area contributed by atoms with Gasteiger partial charge in [-0.25, -0.2) is 0 Å². The van der Waals surface area contributed by atoms with Crippen LogP contribution in [0.3, 0.4) is 0 Å². The summed E-state index contributed by atoms with van der Waals surface area (Å²) in [4.78, 5) is 0. The molecule has 0 aliphatic heterocycles. The lowest BCUT2D eigenvalue weighted by atomic mass is 10.2. The summed E-state index contributed by atoms with van der Waals surface area (Å²) in [5, 5.41) is 0. The molecule has 0 saturated carbocycles. The summed E-state index contributed by atoms with van der Waals surface area (Å²) >= 11 is 0. The molecule has 1 rings (SSSR count). The highest BCUT2D eigenvalue weighted by Gasteiger charge is 2.43. The van der Waals surface area contributed by atoms with Gasteiger partial charge in [0.05, 0.1) is 0 Å². The highest BCUT2D eigenvalue weighted by molar-refractivity contribution is 5.49. The van der Waals surface area contributed by atoms with Gasteiger partial charge in [-0.15, -0.1) is 0 Å². The van der Waals surface area contributed by atoms with Crippen LogP contribution in [0, 0.1) is 0 Å². The van der Waals surface area contributed by atoms with Gasteiger partial charge in [0, 0.05) is 0 Å². The molecule has 1 aromatic rings. The van der Waals surface area contributed by atoms with Crippen molar-refractivity contribution in [1.29, 1.82) is 0 Å². The van der Waals surface area contributed by atoms with E-state index in [9.17, 15) is 17.6 Å². The largest absolute Gasteiger partial charge is 0.461 e. The van der Waals surface area contributed by atoms with Crippen LogP contribution in [0.15, 0.2) is 30.8 Å². The fourth-order valence-electron chi connectivity index (χ4n) is 0.907. The van der Waals surface area contributed by atoms with E-state index >= 15 is 0 Å². The van der Waals surface area contributed by atoms with Gasteiger partial charge in [0.2, 0.25) is 0 Å². The van der Waals surface area contributed by atoms with Gasteiger partial charge in [-0.2, -0.15) is 17.6 Å². The van der Waals surface area contributed by atoms with Crippen molar-refractivity contribution in [2.24, 2.45) is 0 Å². The van der Waals surface area contributed by atoms with Gasteiger partial charge in [0.1, 0.15) is 5.75 Å². The van der Waals surface area contributed by atoms with Crippen LogP contribution >= 0.6 is 0 Å². The maximum absolute atomic E-state index is 12.5. The minimum absolute atomic E-state index is 0.322. The van der Waals surface area contributed by atoms with Crippen LogP contribution in [-0.2, 0) is 0 Å². The molecule has 1 nitrogen and oxygen atoms in total. The summed E-state index contributed by atoms with van der Waals surface area (Å²) in [6, 6.07) is 5.36. The number of alkyl halides is 4. The Balaban J connectivity index is 2.84. The van der Waals surface area contributed by atoms with Crippen LogP contribution < -0.4 is 4.74 Å². The molecule has 0 fully saturated rings. The van der Waals surface area contributed by atoms with Crippen molar-refractivity contribution in [3.63, 3.8) is 0 Å². The Morgan fingerprint density at radius 3 is 2.53 bits per heavy atom. The second-order valence-corrected chi connectivity index (χ2v) is 2.74. The van der Waals surface area contributed by atoms with Gasteiger partial charge in [-0.05, 0) is 17.7 Å². The van der Waals surface area contributed by atoms with E-state index in [2.05, 4.69) is 11.3 Å². The first-order valence-electron chi connectivity index (χ1n) is 4.03. The van der Waals surface area contributed by atoms with Crippen LogP contribution in [0.4, 0.5) is 17.6 Å². The molecule has 0 aromatic heterocycles. The second-order valence-electron chi connectivity index (χ2n) is 2.74. The third-order valence-corrected chi connectivity index (χ3v) is 1.60. The molecule has 0 spiro atoms. The fraction of sp³-hybridized carbons (Fsp3) is 0.200. The van der Waals surface area contributed by atoms with Gasteiger partial charge in [-0.1, -0.05) is 24.8 Å². The molecule has 0 heterocycles. The maximum Gasteiger partial charge on any atom is 0.461 e. The summed E-state index contributed by atoms with van der Waals surface area (Å²) in [5.74, 6) is -0.322. The predicted octanol–water partition coefficient (Wildman–Crippen LogP) is 3.57. The lowest BCUT2D eigenvalue weighted by Gasteiger charge is -2.16. The minimum atomic E-state index is -4.47. The molecule has 0 unspecified atom stereocenters. The molecule has 0 amide bonds. The fourth-order valence-corrected chi connectivity index (χ4v) is 0.907. The highest BCUT2D eigenvalue weighted by Crippen LogP contribution is 2.27. The molecule has 0 N–H and O–H groups in total. The summed E-state index contributed by atoms with van der Waals surface area (Å²) in [6.45, 7) is 3.41. The SMILES string of the molecule is C=Cc1cccc(OC(F)(F)C(F)F)c1. The topological polar surface area (TPSA) is 9.23 Å². The quantitative estimate of drug-likeness (QED) is 0.705. The predicted molar refractivity (Wildman–Crippen MR) is 48.1 cm³/mol. The average molecular weight is 220 g/mol. The molecule has 0 aliphatic rings. The first kappa shape index (κ1) is 11.6. The standard InChI is InChI=1S/C10H8F4O/c1-2-7-4-3-5-8(6-7)15-10(13,14)9(11)12/h2-6,9H,1H2. The van der Waals surface area contributed by atoms with Crippen molar-refractivity contribution < 1.29 is 22.3 Å². The van der Waals surface area contributed by atoms with Gasteiger partial charge >= 0.3 is 12.5 Å². The Morgan fingerprint density at radius 2 is 2.00 bits per heavy atom. The van der Waals surface area contributed by atoms with Crippen LogP contribution in [-0.4, -0.2) is 12.5 Å². The summed E-state index contributed by atoms with van der Waals surface area (Å²) in [7, 11) is 0. The molecule has 0 radical (unpaired) electrons. The van der Waals surface area contributed by atoms with Crippen molar-refractivity contribution in [2.45, 2.75) is 12.5 Å². The Kier molecular flexibility index (Phi) is 3.34. The van der Waals surface area contributed by atoms with Gasteiger partial charge in [0.15, 0.2) is 0 Å². The zero-order valence-corrected chi connectivity index (χ0v) is 7.59. The molecule has 5 heteroatoms. The lowest BCUT2D eigenvalue weighted by Crippen LogP contribution is -2.33. The first-order valence-corrected chi connectivity index (χ1v) is 4.03. The monoisotopic (exact) mass is 220 g/mol. The van der Waals surface area contributed by atoms with Crippen LogP contribution in [0.1, 0.15) is 5.56 Å². The number of benzene rings is 1. The lowest BCUT2D eigenvalue weighted by molar-refractivity contribution is -0.253. The van der Waals surface area contributed by atoms with Crippen molar-refractivity contribution in [3.8, 4) is 5.75 Å². The van der Waals surface area contributed by atoms with E-state index in [-0.39, 0.29) is 5.75 Å². The normalized spacial score (nSPS) is 11.5. The van der Waals surface area contributed by atoms with E-state index in [0.717, 1.165) is 0 Å². The molecule has 82 valence electrons. The molecule has 15 heavy (non-hydrogen) atoms. The number of hydrogen-bond acceptors (Lipinski definition) is 1. The van der Waals surface area contributed by atoms with Gasteiger partial charge in [-0.3, -0.25) is 0 Å². The summed E-state index contributed by atoms with van der Waals surface area (Å²) < 4.78 is 52.4. The number of halogens is 4. The van der Waals surface area contributed by atoms with Crippen molar-refractivity contribution in [1.82, 2.24) is 0 Å². The molecule has 0 bridgehead atoms. The Hall–Kier alpha value is -1.52. The third-order valence-electron chi connectivity index (χ3n) is 1.60. The van der Waals surface area contributed by atoms with E-state index in [1.54, 1.807) is 6.07 Å². The van der Waals surface area contributed by atoms with Gasteiger partial charge in [0.25, 0.3) is 0 Å². The van der Waals surface area contributed by atoms with Crippen molar-refractivity contribution >= 4 is 6.08 Å². The zero-order valence-electron chi connectivity index (χ0n) is 7.59. The Labute approximate surface area is 84.0 Å². The van der Waals surface area contributed by atoms with Crippen LogP contribution in [0.2, 0.25) is 0 Å². The Bertz CT molecular complexity index is 349. The Morgan fingerprint density at radius 1 is 1.33 bits per heavy atom.